The van der Waals surface area contributed by atoms with Crippen molar-refractivity contribution in [3.8, 4) is 0 Å². The summed E-state index contributed by atoms with van der Waals surface area (Å²) in [4.78, 5) is 11.3. The predicted octanol–water partition coefficient (Wildman–Crippen LogP) is 1.14. The molecule has 1 aromatic heterocycles. The van der Waals surface area contributed by atoms with Gasteiger partial charge in [0.25, 0.3) is 0 Å². The second-order valence-corrected chi connectivity index (χ2v) is 4.70. The van der Waals surface area contributed by atoms with E-state index in [0.29, 0.717) is 10.9 Å². The Morgan fingerprint density at radius 1 is 1.33 bits per heavy atom. The van der Waals surface area contributed by atoms with Crippen LogP contribution < -0.4 is 5.73 Å². The third-order valence-electron chi connectivity index (χ3n) is 1.96. The molecule has 84 valence electrons. The van der Waals surface area contributed by atoms with Crippen molar-refractivity contribution >= 4 is 16.7 Å². The summed E-state index contributed by atoms with van der Waals surface area (Å²) >= 11 is 0. The molecule has 2 N–H and O–H groups in total. The Morgan fingerprint density at radius 2 is 2.13 bits per heavy atom. The molecule has 1 heterocycles. The van der Waals surface area contributed by atoms with Gasteiger partial charge in [-0.25, -0.2) is 9.97 Å². The number of aromatic nitrogens is 3. The molecule has 6 heteroatoms. The topological polar surface area (TPSA) is 81.8 Å². The van der Waals surface area contributed by atoms with E-state index in [1.165, 1.54) is 19.2 Å². The van der Waals surface area contributed by atoms with Crippen molar-refractivity contribution in [2.24, 2.45) is 0 Å². The highest BCUT2D eigenvalue weighted by Gasteiger charge is 2.07. The first-order chi connectivity index (χ1) is 7.24. The Balaban J connectivity index is 2.40. The molecule has 1 atom stereocenters. The summed E-state index contributed by atoms with van der Waals surface area (Å²) in [5, 5.41) is 0.291. The number of hydrogen-bond acceptors (Lipinski definition) is 5. The van der Waals surface area contributed by atoms with Gasteiger partial charge in [-0.2, -0.15) is 4.98 Å². The van der Waals surface area contributed by atoms with Crippen LogP contribution in [0.4, 0.5) is 5.95 Å². The standard InChI is InChI=1S/C9H16N4OS/c1-2-3-4-5-6-15(14)9-12-7-11-8(10)13-9/h7H,2-6H2,1H3,(H2,10,11,12,13). The van der Waals surface area contributed by atoms with Gasteiger partial charge in [0.05, 0.1) is 10.8 Å². The fraction of sp³-hybridized carbons (Fsp3) is 0.667. The van der Waals surface area contributed by atoms with Crippen molar-refractivity contribution in [2.45, 2.75) is 37.8 Å². The third-order valence-corrected chi connectivity index (χ3v) is 3.22. The molecule has 0 amide bonds. The molecule has 0 aromatic carbocycles. The first-order valence-electron chi connectivity index (χ1n) is 5.07. The smallest absolute Gasteiger partial charge is 0.224 e. The van der Waals surface area contributed by atoms with Crippen LogP contribution in [0.15, 0.2) is 11.5 Å². The molecule has 0 aliphatic heterocycles. The monoisotopic (exact) mass is 228 g/mol. The van der Waals surface area contributed by atoms with Gasteiger partial charge in [0.1, 0.15) is 6.33 Å². The van der Waals surface area contributed by atoms with Crippen molar-refractivity contribution in [2.75, 3.05) is 11.5 Å². The Morgan fingerprint density at radius 3 is 2.80 bits per heavy atom. The molecule has 0 fully saturated rings. The Kier molecular flexibility index (Phi) is 5.17. The van der Waals surface area contributed by atoms with Crippen LogP contribution in [0.1, 0.15) is 32.6 Å². The summed E-state index contributed by atoms with van der Waals surface area (Å²) in [7, 11) is -1.14. The van der Waals surface area contributed by atoms with Crippen LogP contribution in [0.3, 0.4) is 0 Å². The molecule has 0 saturated carbocycles. The van der Waals surface area contributed by atoms with E-state index in [9.17, 15) is 4.21 Å². The summed E-state index contributed by atoms with van der Waals surface area (Å²) in [6.07, 6.45) is 5.68. The van der Waals surface area contributed by atoms with Crippen molar-refractivity contribution in [1.82, 2.24) is 15.0 Å². The molecule has 0 aliphatic rings. The molecule has 0 spiro atoms. The van der Waals surface area contributed by atoms with Crippen molar-refractivity contribution in [3.05, 3.63) is 6.33 Å². The van der Waals surface area contributed by atoms with Gasteiger partial charge >= 0.3 is 0 Å². The molecule has 5 nitrogen and oxygen atoms in total. The summed E-state index contributed by atoms with van der Waals surface area (Å²) in [5.41, 5.74) is 5.38. The summed E-state index contributed by atoms with van der Waals surface area (Å²) in [6, 6.07) is 0. The maximum Gasteiger partial charge on any atom is 0.224 e. The fourth-order valence-electron chi connectivity index (χ4n) is 1.15. The third kappa shape index (κ3) is 4.33. The molecule has 1 aromatic rings. The fourth-order valence-corrected chi connectivity index (χ4v) is 2.16. The first-order valence-corrected chi connectivity index (χ1v) is 6.39. The van der Waals surface area contributed by atoms with E-state index in [0.717, 1.165) is 12.8 Å². The van der Waals surface area contributed by atoms with Gasteiger partial charge in [-0.3, -0.25) is 4.21 Å². The van der Waals surface area contributed by atoms with Crippen LogP contribution in [-0.2, 0) is 10.8 Å². The molecule has 0 aliphatic carbocycles. The predicted molar refractivity (Wildman–Crippen MR) is 59.7 cm³/mol. The Bertz CT molecular complexity index is 332. The lowest BCUT2D eigenvalue weighted by atomic mass is 10.2. The maximum absolute atomic E-state index is 11.7. The van der Waals surface area contributed by atoms with Crippen molar-refractivity contribution < 1.29 is 4.21 Å². The van der Waals surface area contributed by atoms with E-state index in [2.05, 4.69) is 21.9 Å². The molecule has 15 heavy (non-hydrogen) atoms. The number of nitrogens with two attached hydrogens (primary N) is 1. The molecule has 0 saturated heterocycles. The van der Waals surface area contributed by atoms with Crippen molar-refractivity contribution in [3.63, 3.8) is 0 Å². The number of nitrogens with zero attached hydrogens (tertiary/aromatic N) is 3. The van der Waals surface area contributed by atoms with Gasteiger partial charge in [0.15, 0.2) is 0 Å². The Hall–Kier alpha value is -1.04. The average molecular weight is 228 g/mol. The minimum Gasteiger partial charge on any atom is -0.368 e. The lowest BCUT2D eigenvalue weighted by molar-refractivity contribution is 0.661. The first kappa shape index (κ1) is 12.0. The highest BCUT2D eigenvalue weighted by atomic mass is 32.2. The number of anilines is 1. The molecule has 0 radical (unpaired) electrons. The van der Waals surface area contributed by atoms with Crippen LogP contribution in [0, 0.1) is 0 Å². The number of unbranched alkanes of at least 4 members (excludes halogenated alkanes) is 3. The van der Waals surface area contributed by atoms with Crippen molar-refractivity contribution in [1.29, 1.82) is 0 Å². The number of rotatable bonds is 6. The summed E-state index contributed by atoms with van der Waals surface area (Å²) in [6.45, 7) is 2.14. The molecular formula is C9H16N4OS. The largest absolute Gasteiger partial charge is 0.368 e. The van der Waals surface area contributed by atoms with Crippen LogP contribution in [-0.4, -0.2) is 24.9 Å². The Labute approximate surface area is 92.0 Å². The molecule has 0 bridgehead atoms. The van der Waals surface area contributed by atoms with Gasteiger partial charge in [-0.05, 0) is 6.42 Å². The van der Waals surface area contributed by atoms with E-state index >= 15 is 0 Å². The zero-order valence-corrected chi connectivity index (χ0v) is 9.66. The lowest BCUT2D eigenvalue weighted by Crippen LogP contribution is -2.06. The van der Waals surface area contributed by atoms with E-state index in [4.69, 9.17) is 5.73 Å². The summed E-state index contributed by atoms with van der Waals surface area (Å²) in [5.74, 6) is 0.727. The lowest BCUT2D eigenvalue weighted by Gasteiger charge is -2.00. The van der Waals surface area contributed by atoms with E-state index in [1.807, 2.05) is 0 Å². The van der Waals surface area contributed by atoms with Gasteiger partial charge in [0.2, 0.25) is 11.1 Å². The van der Waals surface area contributed by atoms with Gasteiger partial charge in [-0.1, -0.05) is 26.2 Å². The highest BCUT2D eigenvalue weighted by Crippen LogP contribution is 2.05. The zero-order chi connectivity index (χ0) is 11.1. The normalized spacial score (nSPS) is 12.6. The number of hydrogen-bond donors (Lipinski definition) is 1. The van der Waals surface area contributed by atoms with Crippen LogP contribution in [0.2, 0.25) is 0 Å². The maximum atomic E-state index is 11.7. The SMILES string of the molecule is CCCCCCS(=O)c1ncnc(N)n1. The second-order valence-electron chi connectivity index (χ2n) is 3.24. The van der Waals surface area contributed by atoms with Gasteiger partial charge in [0, 0.05) is 5.75 Å². The quantitative estimate of drug-likeness (QED) is 0.738. The van der Waals surface area contributed by atoms with E-state index in [1.54, 1.807) is 0 Å². The van der Waals surface area contributed by atoms with Crippen LogP contribution in [0.25, 0.3) is 0 Å². The minimum atomic E-state index is -1.14. The zero-order valence-electron chi connectivity index (χ0n) is 8.85. The van der Waals surface area contributed by atoms with Gasteiger partial charge in [-0.15, -0.1) is 0 Å². The number of nitrogen functional groups attached to an aromatic ring is 1. The molecule has 1 rings (SSSR count). The average Bonchev–Trinajstić information content (AvgIpc) is 2.24. The van der Waals surface area contributed by atoms with E-state index in [-0.39, 0.29) is 5.95 Å². The highest BCUT2D eigenvalue weighted by molar-refractivity contribution is 7.84. The summed E-state index contributed by atoms with van der Waals surface area (Å²) < 4.78 is 11.7. The van der Waals surface area contributed by atoms with Gasteiger partial charge < -0.3 is 5.73 Å². The van der Waals surface area contributed by atoms with E-state index < -0.39 is 10.8 Å². The van der Waals surface area contributed by atoms with Crippen LogP contribution >= 0.6 is 0 Å². The minimum absolute atomic E-state index is 0.127. The molecule has 1 unspecified atom stereocenters. The molecular weight excluding hydrogens is 212 g/mol. The van der Waals surface area contributed by atoms with Crippen LogP contribution in [0.5, 0.6) is 0 Å². The second kappa shape index (κ2) is 6.44.